The van der Waals surface area contributed by atoms with Gasteiger partial charge in [-0.15, -0.1) is 0 Å². The van der Waals surface area contributed by atoms with Crippen molar-refractivity contribution in [3.8, 4) is 0 Å². The van der Waals surface area contributed by atoms with Crippen LogP contribution in [0.5, 0.6) is 0 Å². The molecule has 0 aliphatic carbocycles. The maximum Gasteiger partial charge on any atom is 0 e. The third kappa shape index (κ3) is 19.1. The largest absolute Gasteiger partial charge is 0 e. The third-order valence-electron chi connectivity index (χ3n) is 0. The van der Waals surface area contributed by atoms with Gasteiger partial charge < -0.3 is 0 Å². The van der Waals surface area contributed by atoms with Gasteiger partial charge in [0.2, 0.25) is 0 Å². The van der Waals surface area contributed by atoms with Gasteiger partial charge in [0.05, 0.1) is 0 Å². The summed E-state index contributed by atoms with van der Waals surface area (Å²) in [7, 11) is 0. The van der Waals surface area contributed by atoms with E-state index in [9.17, 15) is 0 Å². The average Bonchev–Trinajstić information content (AvgIpc) is 0.811. The summed E-state index contributed by atoms with van der Waals surface area (Å²) in [5.41, 5.74) is 0. The molecule has 0 heterocycles. The predicted molar refractivity (Wildman–Crippen MR) is 46.6 cm³/mol. The normalized spacial score (nSPS) is 9.00. The van der Waals surface area contributed by atoms with Gasteiger partial charge >= 0.3 is 51.2 Å². The third-order valence-corrected chi connectivity index (χ3v) is 0. The summed E-state index contributed by atoms with van der Waals surface area (Å²) in [6.45, 7) is 0. The molecule has 0 aliphatic heterocycles. The Bertz CT molecular complexity index is 11.6. The molecule has 0 unspecified atom stereocenters. The second-order valence-electron chi connectivity index (χ2n) is 0.162. The van der Waals surface area contributed by atoms with E-state index in [0.29, 0.717) is 0 Å². The Hall–Kier alpha value is 3.17. The summed E-state index contributed by atoms with van der Waals surface area (Å²) in [5.74, 6) is 0. The SMILES string of the molecule is BrI(Br)Br.[Na]. The first-order valence-electron chi connectivity index (χ1n) is 0.429. The van der Waals surface area contributed by atoms with Crippen molar-refractivity contribution in [1.29, 1.82) is 0 Å². The molecule has 0 nitrogen and oxygen atoms in total. The Labute approximate surface area is 78.8 Å². The predicted octanol–water partition coefficient (Wildman–Crippen LogP) is 3.04. The molecule has 0 aromatic carbocycles. The van der Waals surface area contributed by atoms with E-state index in [1.165, 1.54) is 0 Å². The van der Waals surface area contributed by atoms with Crippen LogP contribution in [0.3, 0.4) is 0 Å². The number of hydrogen-bond donors (Lipinski definition) is 0. The summed E-state index contributed by atoms with van der Waals surface area (Å²) in [4.78, 5) is 0. The van der Waals surface area contributed by atoms with Crippen molar-refractivity contribution in [1.82, 2.24) is 0 Å². The van der Waals surface area contributed by atoms with Crippen LogP contribution in [0.25, 0.3) is 0 Å². The fraction of sp³-hybridized carbons (Fsp3) is 0. The van der Waals surface area contributed by atoms with Gasteiger partial charge in [-0.05, 0) is 0 Å². The van der Waals surface area contributed by atoms with Gasteiger partial charge in [-0.25, -0.2) is 0 Å². The first-order chi connectivity index (χ1) is 1.73. The smallest absolute Gasteiger partial charge is 0 e. The summed E-state index contributed by atoms with van der Waals surface area (Å²) >= 11 is 8.96. The van der Waals surface area contributed by atoms with Crippen molar-refractivity contribution in [3.05, 3.63) is 0 Å². The zero-order valence-electron chi connectivity index (χ0n) is 2.51. The van der Waals surface area contributed by atoms with E-state index >= 15 is 0 Å². The molecule has 0 aliphatic rings. The molecule has 0 N–H and O–H groups in total. The van der Waals surface area contributed by atoms with Crippen LogP contribution >= 0.6 is 51.2 Å². The molecule has 0 aromatic heterocycles. The van der Waals surface area contributed by atoms with E-state index in [4.69, 9.17) is 0 Å². The van der Waals surface area contributed by atoms with E-state index < -0.39 is 13.1 Å². The second-order valence-corrected chi connectivity index (χ2v) is 29.3. The maximum absolute atomic E-state index is 3.26. The fourth-order valence-corrected chi connectivity index (χ4v) is 0. The van der Waals surface area contributed by atoms with Gasteiger partial charge in [-0.1, -0.05) is 0 Å². The zero-order valence-corrected chi connectivity index (χ0v) is 11.4. The van der Waals surface area contributed by atoms with Gasteiger partial charge in [0, 0.05) is 29.6 Å². The number of hydrogen-bond acceptors (Lipinski definition) is 0. The van der Waals surface area contributed by atoms with Crippen molar-refractivity contribution in [2.75, 3.05) is 0 Å². The fourth-order valence-electron chi connectivity index (χ4n) is 0. The molecule has 0 fully saturated rings. The van der Waals surface area contributed by atoms with E-state index in [1.807, 2.05) is 0 Å². The maximum atomic E-state index is 3.26. The van der Waals surface area contributed by atoms with Gasteiger partial charge in [-0.3, -0.25) is 0 Å². The van der Waals surface area contributed by atoms with Crippen LogP contribution in [-0.4, -0.2) is 29.6 Å². The molecule has 1 radical (unpaired) electrons. The van der Waals surface area contributed by atoms with Crippen LogP contribution < -0.4 is 0 Å². The Morgan fingerprint density at radius 2 is 1.00 bits per heavy atom. The molecule has 5 heavy (non-hydrogen) atoms. The van der Waals surface area contributed by atoms with Crippen molar-refractivity contribution in [3.63, 3.8) is 0 Å². The van der Waals surface area contributed by atoms with E-state index in [1.54, 1.807) is 0 Å². The van der Waals surface area contributed by atoms with E-state index in [-0.39, 0.29) is 29.6 Å². The molecular formula is Br3INa. The van der Waals surface area contributed by atoms with Crippen LogP contribution in [0, 0.1) is 0 Å². The molecule has 0 saturated carbocycles. The molecule has 0 saturated heterocycles. The Morgan fingerprint density at radius 3 is 1.00 bits per heavy atom. The van der Waals surface area contributed by atoms with Crippen LogP contribution in [0.1, 0.15) is 0 Å². The zero-order chi connectivity index (χ0) is 3.58. The molecule has 0 bridgehead atoms. The van der Waals surface area contributed by atoms with Gasteiger partial charge in [0.1, 0.15) is 0 Å². The molecule has 0 spiro atoms. The summed E-state index contributed by atoms with van der Waals surface area (Å²) in [6.07, 6.45) is 0. The summed E-state index contributed by atoms with van der Waals surface area (Å²) in [6, 6.07) is 0. The first kappa shape index (κ1) is 11.0. The molecule has 0 aromatic rings. The average molecular weight is 390 g/mol. The van der Waals surface area contributed by atoms with Crippen molar-refractivity contribution in [2.45, 2.75) is 0 Å². The number of rotatable bonds is 0. The summed E-state index contributed by atoms with van der Waals surface area (Å²) < 4.78 is 0. The Morgan fingerprint density at radius 1 is 1.00 bits per heavy atom. The minimum atomic E-state index is -0.826. The van der Waals surface area contributed by atoms with Crippen LogP contribution in [0.2, 0.25) is 0 Å². The quantitative estimate of drug-likeness (QED) is 0.441. The first-order valence-corrected chi connectivity index (χ1v) is 14.9. The molecule has 5 heteroatoms. The van der Waals surface area contributed by atoms with Crippen molar-refractivity contribution in [2.24, 2.45) is 0 Å². The van der Waals surface area contributed by atoms with Crippen LogP contribution in [-0.2, 0) is 0 Å². The molecule has 0 amide bonds. The molecule has 29 valence electrons. The Balaban J connectivity index is 0. The van der Waals surface area contributed by atoms with Gasteiger partial charge in [0.15, 0.2) is 0 Å². The van der Waals surface area contributed by atoms with Crippen molar-refractivity contribution >= 4 is 80.8 Å². The van der Waals surface area contributed by atoms with E-state index in [0.717, 1.165) is 0 Å². The summed E-state index contributed by atoms with van der Waals surface area (Å²) in [5, 5.41) is 0. The van der Waals surface area contributed by atoms with Crippen LogP contribution in [0.15, 0.2) is 0 Å². The second kappa shape index (κ2) is 7.17. The standard InChI is InChI=1S/Br3I.Na/c1-4(2)3;. The Kier molecular flexibility index (Phi) is 15.8. The van der Waals surface area contributed by atoms with Crippen molar-refractivity contribution < 1.29 is 0 Å². The number of halogens is 4. The molecular weight excluding hydrogens is 390 g/mol. The molecule has 0 rings (SSSR count). The monoisotopic (exact) mass is 387 g/mol. The van der Waals surface area contributed by atoms with Gasteiger partial charge in [-0.2, -0.15) is 0 Å². The van der Waals surface area contributed by atoms with Crippen LogP contribution in [0.4, 0.5) is 0 Å². The minimum Gasteiger partial charge on any atom is 0 e. The van der Waals surface area contributed by atoms with Gasteiger partial charge in [0.25, 0.3) is 0 Å². The molecule has 0 atom stereocenters. The minimum absolute atomic E-state index is 0. The topological polar surface area (TPSA) is 0 Å². The van der Waals surface area contributed by atoms with E-state index in [2.05, 4.69) is 38.1 Å².